The van der Waals surface area contributed by atoms with Crippen LogP contribution in [0.25, 0.3) is 11.0 Å². The highest BCUT2D eigenvalue weighted by Crippen LogP contribution is 2.61. The van der Waals surface area contributed by atoms with Gasteiger partial charge >= 0.3 is 0 Å². The fraction of sp³-hybridized carbons (Fsp3) is 0.235. The Morgan fingerprint density at radius 2 is 1.50 bits per heavy atom. The number of hydrogen-bond donors (Lipinski definition) is 0. The SMILES string of the molecule is CC12CCCCC1(C)N1c3cccc4c3B(c3cccc2c31)c1oc2ccccc2c1N4c1ccccc1. The third-order valence-corrected chi connectivity index (χ3v) is 10.4. The van der Waals surface area contributed by atoms with Crippen LogP contribution >= 0.6 is 0 Å². The first-order chi connectivity index (χ1) is 18.6. The highest BCUT2D eigenvalue weighted by molar-refractivity contribution is 7.00. The molecule has 0 radical (unpaired) electrons. The van der Waals surface area contributed by atoms with Crippen LogP contribution < -0.4 is 26.4 Å². The van der Waals surface area contributed by atoms with Gasteiger partial charge in [-0.1, -0.05) is 74.4 Å². The topological polar surface area (TPSA) is 19.6 Å². The molecule has 3 nitrogen and oxygen atoms in total. The summed E-state index contributed by atoms with van der Waals surface area (Å²) in [7, 11) is 0. The molecule has 1 fully saturated rings. The van der Waals surface area contributed by atoms with Gasteiger partial charge < -0.3 is 14.2 Å². The van der Waals surface area contributed by atoms with Gasteiger partial charge in [-0.25, -0.2) is 0 Å². The monoisotopic (exact) mass is 492 g/mol. The Morgan fingerprint density at radius 3 is 2.39 bits per heavy atom. The molecule has 2 atom stereocenters. The number of anilines is 5. The second-order valence-corrected chi connectivity index (χ2v) is 12.0. The minimum Gasteiger partial charge on any atom is -0.468 e. The number of fused-ring (bicyclic) bond motifs is 9. The van der Waals surface area contributed by atoms with Crippen LogP contribution in [-0.2, 0) is 5.41 Å². The van der Waals surface area contributed by atoms with Crippen molar-refractivity contribution >= 4 is 62.7 Å². The van der Waals surface area contributed by atoms with Crippen molar-refractivity contribution in [3.63, 3.8) is 0 Å². The summed E-state index contributed by atoms with van der Waals surface area (Å²) < 4.78 is 6.85. The summed E-state index contributed by atoms with van der Waals surface area (Å²) >= 11 is 0. The normalized spacial score (nSPS) is 24.2. The average molecular weight is 492 g/mol. The first-order valence-electron chi connectivity index (χ1n) is 14.0. The minimum atomic E-state index is 0.0511. The number of furan rings is 1. The van der Waals surface area contributed by atoms with Crippen LogP contribution in [0.3, 0.4) is 0 Å². The Bertz CT molecular complexity index is 1790. The van der Waals surface area contributed by atoms with Crippen molar-refractivity contribution in [3.05, 3.63) is 96.6 Å². The van der Waals surface area contributed by atoms with Crippen molar-refractivity contribution in [3.8, 4) is 0 Å². The molecule has 0 bridgehead atoms. The molecule has 184 valence electrons. The van der Waals surface area contributed by atoms with Gasteiger partial charge in [0.15, 0.2) is 0 Å². The Labute approximate surface area is 223 Å². The zero-order valence-corrected chi connectivity index (χ0v) is 21.9. The van der Waals surface area contributed by atoms with E-state index in [1.807, 2.05) is 0 Å². The Hall–Kier alpha value is -3.92. The first-order valence-corrected chi connectivity index (χ1v) is 14.0. The number of para-hydroxylation sites is 3. The maximum absolute atomic E-state index is 6.85. The molecule has 0 spiro atoms. The maximum Gasteiger partial charge on any atom is 0.297 e. The van der Waals surface area contributed by atoms with E-state index in [1.165, 1.54) is 76.0 Å². The van der Waals surface area contributed by atoms with Crippen LogP contribution in [0, 0.1) is 0 Å². The molecule has 1 aliphatic carbocycles. The van der Waals surface area contributed by atoms with Gasteiger partial charge in [-0.3, -0.25) is 0 Å². The van der Waals surface area contributed by atoms with E-state index < -0.39 is 0 Å². The molecule has 4 heteroatoms. The third kappa shape index (κ3) is 2.26. The average Bonchev–Trinajstić information content (AvgIpc) is 3.43. The molecule has 1 saturated carbocycles. The molecule has 9 rings (SSSR count). The van der Waals surface area contributed by atoms with Gasteiger partial charge in [-0.05, 0) is 72.7 Å². The van der Waals surface area contributed by atoms with Crippen molar-refractivity contribution in [1.82, 2.24) is 0 Å². The van der Waals surface area contributed by atoms with Crippen LogP contribution in [0.2, 0.25) is 0 Å². The zero-order chi connectivity index (χ0) is 25.2. The zero-order valence-electron chi connectivity index (χ0n) is 21.9. The highest BCUT2D eigenvalue weighted by atomic mass is 16.3. The van der Waals surface area contributed by atoms with Crippen LogP contribution in [0.4, 0.5) is 28.4 Å². The van der Waals surface area contributed by atoms with Gasteiger partial charge in [0.1, 0.15) is 5.58 Å². The quantitative estimate of drug-likeness (QED) is 0.236. The van der Waals surface area contributed by atoms with Crippen LogP contribution in [0.5, 0.6) is 0 Å². The van der Waals surface area contributed by atoms with Gasteiger partial charge in [0.2, 0.25) is 0 Å². The van der Waals surface area contributed by atoms with Gasteiger partial charge in [0.25, 0.3) is 6.71 Å². The van der Waals surface area contributed by atoms with Crippen LogP contribution in [0.1, 0.15) is 45.1 Å². The second-order valence-electron chi connectivity index (χ2n) is 12.0. The lowest BCUT2D eigenvalue weighted by Crippen LogP contribution is -2.64. The van der Waals surface area contributed by atoms with E-state index in [1.54, 1.807) is 0 Å². The summed E-state index contributed by atoms with van der Waals surface area (Å²) in [6.07, 6.45) is 5.04. The molecule has 5 aromatic rings. The molecule has 0 amide bonds. The largest absolute Gasteiger partial charge is 0.468 e. The lowest BCUT2D eigenvalue weighted by atomic mass is 9.35. The highest BCUT2D eigenvalue weighted by Gasteiger charge is 2.61. The summed E-state index contributed by atoms with van der Waals surface area (Å²) in [6, 6.07) is 33.4. The van der Waals surface area contributed by atoms with E-state index in [2.05, 4.69) is 115 Å². The van der Waals surface area contributed by atoms with Crippen LogP contribution in [0.15, 0.2) is 95.4 Å². The fourth-order valence-corrected chi connectivity index (χ4v) is 8.50. The van der Waals surface area contributed by atoms with E-state index in [0.29, 0.717) is 0 Å². The minimum absolute atomic E-state index is 0.0511. The summed E-state index contributed by atoms with van der Waals surface area (Å²) in [6.45, 7) is 5.13. The molecule has 2 unspecified atom stereocenters. The molecule has 4 aromatic carbocycles. The Kier molecular flexibility index (Phi) is 3.84. The predicted octanol–water partition coefficient (Wildman–Crippen LogP) is 6.79. The first kappa shape index (κ1) is 21.1. The van der Waals surface area contributed by atoms with Gasteiger partial charge in [0, 0.05) is 33.6 Å². The summed E-state index contributed by atoms with van der Waals surface area (Å²) in [5.41, 5.74) is 12.9. The Morgan fingerprint density at radius 1 is 0.737 bits per heavy atom. The van der Waals surface area contributed by atoms with Gasteiger partial charge in [0.05, 0.1) is 16.9 Å². The van der Waals surface area contributed by atoms with E-state index in [-0.39, 0.29) is 17.7 Å². The number of benzene rings is 4. The molecule has 4 aliphatic rings. The lowest BCUT2D eigenvalue weighted by Gasteiger charge is -2.52. The van der Waals surface area contributed by atoms with Crippen molar-refractivity contribution in [2.75, 3.05) is 9.80 Å². The summed E-state index contributed by atoms with van der Waals surface area (Å²) in [5, 5.41) is 1.17. The maximum atomic E-state index is 6.85. The molecule has 38 heavy (non-hydrogen) atoms. The molecular formula is C34H29BN2O. The van der Waals surface area contributed by atoms with E-state index in [9.17, 15) is 0 Å². The fourth-order valence-electron chi connectivity index (χ4n) is 8.50. The second kappa shape index (κ2) is 6.93. The molecule has 0 N–H and O–H groups in total. The van der Waals surface area contributed by atoms with Crippen LogP contribution in [-0.4, -0.2) is 12.3 Å². The summed E-state index contributed by atoms with van der Waals surface area (Å²) in [5.74, 6) is 0. The van der Waals surface area contributed by atoms with Crippen molar-refractivity contribution in [1.29, 1.82) is 0 Å². The molecule has 3 aliphatic heterocycles. The molecule has 4 heterocycles. The van der Waals surface area contributed by atoms with E-state index in [0.717, 1.165) is 11.2 Å². The lowest BCUT2D eigenvalue weighted by molar-refractivity contribution is 0.195. The standard InChI is InChI=1S/C34H29BN2O/c1-33-20-8-9-21-34(33,2)37-27-18-11-17-26-29(27)35(25-16-10-15-24(33)31(25)37)32-30(23-14-6-7-19-28(23)38-32)36(26)22-12-4-3-5-13-22/h3-7,10-19H,8-9,20-21H2,1-2H3. The van der Waals surface area contributed by atoms with Gasteiger partial charge in [-0.2, -0.15) is 0 Å². The molecule has 0 saturated heterocycles. The number of nitrogens with zero attached hydrogens (tertiary/aromatic N) is 2. The van der Waals surface area contributed by atoms with E-state index in [4.69, 9.17) is 4.42 Å². The Balaban J connectivity index is 1.43. The smallest absolute Gasteiger partial charge is 0.297 e. The number of rotatable bonds is 1. The third-order valence-electron chi connectivity index (χ3n) is 10.4. The number of hydrogen-bond acceptors (Lipinski definition) is 3. The van der Waals surface area contributed by atoms with E-state index >= 15 is 0 Å². The van der Waals surface area contributed by atoms with Crippen molar-refractivity contribution in [2.45, 2.75) is 50.5 Å². The summed E-state index contributed by atoms with van der Waals surface area (Å²) in [4.78, 5) is 5.20. The van der Waals surface area contributed by atoms with Crippen molar-refractivity contribution in [2.24, 2.45) is 0 Å². The van der Waals surface area contributed by atoms with Crippen molar-refractivity contribution < 1.29 is 4.42 Å². The molecule has 1 aromatic heterocycles. The molecular weight excluding hydrogens is 463 g/mol. The van der Waals surface area contributed by atoms with Gasteiger partial charge in [-0.15, -0.1) is 0 Å². The predicted molar refractivity (Wildman–Crippen MR) is 158 cm³/mol.